The molecule has 3 aromatic rings. The van der Waals surface area contributed by atoms with E-state index in [1.807, 2.05) is 42.5 Å². The fourth-order valence-corrected chi connectivity index (χ4v) is 1.93. The van der Waals surface area contributed by atoms with Gasteiger partial charge in [-0.3, -0.25) is 4.79 Å². The van der Waals surface area contributed by atoms with Gasteiger partial charge in [0.2, 0.25) is 11.9 Å². The Kier molecular flexibility index (Phi) is 3.51. The Labute approximate surface area is 121 Å². The topological polar surface area (TPSA) is 73.0 Å². The van der Waals surface area contributed by atoms with Gasteiger partial charge in [-0.15, -0.1) is 5.10 Å². The third kappa shape index (κ3) is 2.84. The molecule has 6 heteroatoms. The van der Waals surface area contributed by atoms with Gasteiger partial charge < -0.3 is 9.73 Å². The number of hydrogen-bond acceptors (Lipinski definition) is 5. The first-order chi connectivity index (χ1) is 10.2. The van der Waals surface area contributed by atoms with Crippen LogP contribution in [0.5, 0.6) is 0 Å². The highest BCUT2D eigenvalue weighted by Gasteiger charge is 2.14. The van der Waals surface area contributed by atoms with Crippen molar-refractivity contribution in [2.75, 3.05) is 5.32 Å². The molecular weight excluding hydrogens is 268 g/mol. The highest BCUT2D eigenvalue weighted by Crippen LogP contribution is 2.18. The van der Waals surface area contributed by atoms with E-state index in [0.29, 0.717) is 18.3 Å². The number of nitrogens with one attached hydrogen (secondary N) is 1. The van der Waals surface area contributed by atoms with E-state index in [1.54, 1.807) is 6.26 Å². The Hall–Kier alpha value is -2.89. The lowest BCUT2D eigenvalue weighted by Crippen LogP contribution is -2.13. The van der Waals surface area contributed by atoms with Gasteiger partial charge in [0.1, 0.15) is 5.76 Å². The highest BCUT2D eigenvalue weighted by molar-refractivity contribution is 5.79. The molecule has 6 nitrogen and oxygen atoms in total. The summed E-state index contributed by atoms with van der Waals surface area (Å²) in [7, 11) is 0. The molecule has 2 heterocycles. The number of benzene rings is 1. The molecule has 0 bridgehead atoms. The van der Waals surface area contributed by atoms with Crippen LogP contribution in [-0.2, 0) is 6.54 Å². The number of hydrogen-bond donors (Lipinski definition) is 1. The van der Waals surface area contributed by atoms with Gasteiger partial charge in [-0.05, 0) is 12.1 Å². The molecular formula is C15H14N4O2. The molecule has 1 aromatic carbocycles. The average Bonchev–Trinajstić information content (AvgIpc) is 3.15. The van der Waals surface area contributed by atoms with E-state index in [2.05, 4.69) is 15.4 Å². The molecule has 106 valence electrons. The second kappa shape index (κ2) is 5.62. The van der Waals surface area contributed by atoms with Gasteiger partial charge in [0.15, 0.2) is 5.82 Å². The summed E-state index contributed by atoms with van der Waals surface area (Å²) in [6, 6.07) is 13.2. The third-order valence-corrected chi connectivity index (χ3v) is 2.94. The minimum absolute atomic E-state index is 0.202. The van der Waals surface area contributed by atoms with Crippen LogP contribution in [0.2, 0.25) is 0 Å². The number of carbonyl (C=O) groups is 1. The van der Waals surface area contributed by atoms with Crippen molar-refractivity contribution in [3.05, 3.63) is 54.5 Å². The predicted octanol–water partition coefficient (Wildman–Crippen LogP) is 2.81. The van der Waals surface area contributed by atoms with Crippen molar-refractivity contribution in [1.29, 1.82) is 0 Å². The van der Waals surface area contributed by atoms with Gasteiger partial charge in [0, 0.05) is 12.5 Å². The number of aromatic nitrogens is 3. The standard InChI is InChI=1S/C15H14N4O2/c1-11(20)19-15(16-10-13-8-5-9-21-13)17-14(18-19)12-6-3-2-4-7-12/h2-9H,10H2,1H3,(H,16,17,18). The molecule has 0 saturated carbocycles. The maximum absolute atomic E-state index is 11.7. The number of carbonyl (C=O) groups excluding carboxylic acids is 1. The molecule has 2 aromatic heterocycles. The van der Waals surface area contributed by atoms with Crippen LogP contribution in [0.4, 0.5) is 5.95 Å². The Morgan fingerprint density at radius 1 is 1.24 bits per heavy atom. The van der Waals surface area contributed by atoms with Gasteiger partial charge >= 0.3 is 0 Å². The summed E-state index contributed by atoms with van der Waals surface area (Å²) in [5.41, 5.74) is 0.860. The molecule has 0 aliphatic heterocycles. The van der Waals surface area contributed by atoms with Crippen molar-refractivity contribution >= 4 is 11.9 Å². The quantitative estimate of drug-likeness (QED) is 0.796. The molecule has 0 amide bonds. The molecule has 0 aliphatic rings. The Morgan fingerprint density at radius 3 is 2.71 bits per heavy atom. The Balaban J connectivity index is 1.88. The zero-order chi connectivity index (χ0) is 14.7. The lowest BCUT2D eigenvalue weighted by Gasteiger charge is -2.02. The minimum Gasteiger partial charge on any atom is -0.467 e. The normalized spacial score (nSPS) is 10.5. The predicted molar refractivity (Wildman–Crippen MR) is 77.8 cm³/mol. The van der Waals surface area contributed by atoms with E-state index in [4.69, 9.17) is 4.42 Å². The number of furan rings is 1. The molecule has 0 unspecified atom stereocenters. The second-order valence-corrected chi connectivity index (χ2v) is 4.49. The highest BCUT2D eigenvalue weighted by atomic mass is 16.3. The molecule has 1 N–H and O–H groups in total. The summed E-state index contributed by atoms with van der Waals surface area (Å²) in [6.45, 7) is 1.88. The summed E-state index contributed by atoms with van der Waals surface area (Å²) in [6.07, 6.45) is 1.60. The van der Waals surface area contributed by atoms with Crippen LogP contribution in [-0.4, -0.2) is 20.7 Å². The Morgan fingerprint density at radius 2 is 2.05 bits per heavy atom. The summed E-state index contributed by atoms with van der Waals surface area (Å²) < 4.78 is 6.50. The fourth-order valence-electron chi connectivity index (χ4n) is 1.93. The first-order valence-corrected chi connectivity index (χ1v) is 6.54. The maximum atomic E-state index is 11.7. The van der Waals surface area contributed by atoms with Crippen LogP contribution in [0.25, 0.3) is 11.4 Å². The molecule has 0 fully saturated rings. The van der Waals surface area contributed by atoms with Gasteiger partial charge in [0.05, 0.1) is 12.8 Å². The van der Waals surface area contributed by atoms with Crippen molar-refractivity contribution in [2.45, 2.75) is 13.5 Å². The van der Waals surface area contributed by atoms with Gasteiger partial charge in [0.25, 0.3) is 0 Å². The van der Waals surface area contributed by atoms with Crippen molar-refractivity contribution in [3.8, 4) is 11.4 Å². The average molecular weight is 282 g/mol. The molecule has 3 rings (SSSR count). The van der Waals surface area contributed by atoms with Crippen molar-refractivity contribution in [2.24, 2.45) is 0 Å². The smallest absolute Gasteiger partial charge is 0.246 e. The SMILES string of the molecule is CC(=O)n1nc(-c2ccccc2)nc1NCc1ccco1. The molecule has 0 radical (unpaired) electrons. The molecule has 0 spiro atoms. The van der Waals surface area contributed by atoms with Crippen LogP contribution < -0.4 is 5.32 Å². The second-order valence-electron chi connectivity index (χ2n) is 4.49. The van der Waals surface area contributed by atoms with E-state index < -0.39 is 0 Å². The van der Waals surface area contributed by atoms with E-state index in [0.717, 1.165) is 11.3 Å². The van der Waals surface area contributed by atoms with E-state index in [1.165, 1.54) is 11.6 Å². The van der Waals surface area contributed by atoms with Crippen LogP contribution in [0, 0.1) is 0 Å². The summed E-state index contributed by atoms with van der Waals surface area (Å²) in [4.78, 5) is 16.0. The number of anilines is 1. The lowest BCUT2D eigenvalue weighted by atomic mass is 10.2. The van der Waals surface area contributed by atoms with Gasteiger partial charge in [-0.25, -0.2) is 0 Å². The zero-order valence-corrected chi connectivity index (χ0v) is 11.5. The van der Waals surface area contributed by atoms with Crippen molar-refractivity contribution < 1.29 is 9.21 Å². The van der Waals surface area contributed by atoms with Crippen LogP contribution in [0.15, 0.2) is 53.1 Å². The van der Waals surface area contributed by atoms with E-state index in [9.17, 15) is 4.79 Å². The first kappa shape index (κ1) is 13.1. The Bertz CT molecular complexity index is 732. The van der Waals surface area contributed by atoms with Crippen LogP contribution in [0.3, 0.4) is 0 Å². The van der Waals surface area contributed by atoms with Crippen molar-refractivity contribution in [3.63, 3.8) is 0 Å². The van der Waals surface area contributed by atoms with Crippen molar-refractivity contribution in [1.82, 2.24) is 14.8 Å². The fraction of sp³-hybridized carbons (Fsp3) is 0.133. The summed E-state index contributed by atoms with van der Waals surface area (Å²) in [5.74, 6) is 1.46. The lowest BCUT2D eigenvalue weighted by molar-refractivity contribution is 0.0923. The minimum atomic E-state index is -0.202. The van der Waals surface area contributed by atoms with Gasteiger partial charge in [-0.2, -0.15) is 9.67 Å². The largest absolute Gasteiger partial charge is 0.467 e. The van der Waals surface area contributed by atoms with Crippen LogP contribution >= 0.6 is 0 Å². The zero-order valence-electron chi connectivity index (χ0n) is 11.5. The summed E-state index contributed by atoms with van der Waals surface area (Å²) >= 11 is 0. The third-order valence-electron chi connectivity index (χ3n) is 2.94. The molecule has 0 saturated heterocycles. The van der Waals surface area contributed by atoms with Crippen LogP contribution in [0.1, 0.15) is 17.5 Å². The monoisotopic (exact) mass is 282 g/mol. The molecule has 0 aliphatic carbocycles. The first-order valence-electron chi connectivity index (χ1n) is 6.54. The van der Waals surface area contributed by atoms with E-state index in [-0.39, 0.29) is 5.91 Å². The summed E-state index contributed by atoms with van der Waals surface area (Å²) in [5, 5.41) is 7.30. The van der Waals surface area contributed by atoms with Gasteiger partial charge in [-0.1, -0.05) is 30.3 Å². The van der Waals surface area contributed by atoms with E-state index >= 15 is 0 Å². The molecule has 0 atom stereocenters. The number of nitrogens with zero attached hydrogens (tertiary/aromatic N) is 3. The maximum Gasteiger partial charge on any atom is 0.246 e. The number of rotatable bonds is 4. The molecule has 21 heavy (non-hydrogen) atoms.